The van der Waals surface area contributed by atoms with Gasteiger partial charge in [-0.15, -0.1) is 0 Å². The minimum atomic E-state index is -0.110. The number of hydrogen-bond acceptors (Lipinski definition) is 4. The van der Waals surface area contributed by atoms with Crippen LogP contribution in [0.4, 0.5) is 0 Å². The van der Waals surface area contributed by atoms with Crippen LogP contribution in [0.25, 0.3) is 11.0 Å². The summed E-state index contributed by atoms with van der Waals surface area (Å²) in [6.45, 7) is 2.67. The molecule has 0 saturated heterocycles. The van der Waals surface area contributed by atoms with Crippen LogP contribution in [-0.2, 0) is 11.3 Å². The zero-order valence-corrected chi connectivity index (χ0v) is 13.9. The van der Waals surface area contributed by atoms with E-state index in [4.69, 9.17) is 4.74 Å². The average molecular weight is 334 g/mol. The number of imidazole rings is 1. The fourth-order valence-corrected chi connectivity index (χ4v) is 2.26. The van der Waals surface area contributed by atoms with Gasteiger partial charge in [-0.3, -0.25) is 9.78 Å². The highest BCUT2D eigenvalue weighted by molar-refractivity contribution is 5.80. The van der Waals surface area contributed by atoms with Gasteiger partial charge in [-0.25, -0.2) is 4.98 Å². The van der Waals surface area contributed by atoms with E-state index in [2.05, 4.69) is 27.1 Å². The number of pyridine rings is 1. The van der Waals surface area contributed by atoms with Crippen molar-refractivity contribution >= 4 is 16.9 Å². The number of amides is 1. The molecule has 0 aliphatic heterocycles. The third-order valence-electron chi connectivity index (χ3n) is 3.54. The van der Waals surface area contributed by atoms with Gasteiger partial charge in [-0.2, -0.15) is 0 Å². The second kappa shape index (κ2) is 7.97. The maximum atomic E-state index is 12.0. The van der Waals surface area contributed by atoms with Gasteiger partial charge in [-0.1, -0.05) is 24.0 Å². The van der Waals surface area contributed by atoms with E-state index in [9.17, 15) is 4.79 Å². The molecule has 1 aromatic carbocycles. The van der Waals surface area contributed by atoms with E-state index in [-0.39, 0.29) is 25.6 Å². The Kier molecular flexibility index (Phi) is 5.27. The topological polar surface area (TPSA) is 69.0 Å². The van der Waals surface area contributed by atoms with Gasteiger partial charge in [-0.05, 0) is 31.2 Å². The molecule has 0 atom stereocenters. The van der Waals surface area contributed by atoms with E-state index in [0.717, 1.165) is 16.7 Å². The zero-order valence-electron chi connectivity index (χ0n) is 13.9. The fourth-order valence-electron chi connectivity index (χ4n) is 2.26. The predicted molar refractivity (Wildman–Crippen MR) is 95.0 cm³/mol. The number of aryl methyl sites for hydroxylation is 1. The minimum absolute atomic E-state index is 0.110. The van der Waals surface area contributed by atoms with Gasteiger partial charge in [0, 0.05) is 5.69 Å². The first-order valence-electron chi connectivity index (χ1n) is 7.90. The highest BCUT2D eigenvalue weighted by Gasteiger charge is 2.05. The van der Waals surface area contributed by atoms with Gasteiger partial charge < -0.3 is 14.6 Å². The van der Waals surface area contributed by atoms with E-state index in [0.29, 0.717) is 5.75 Å². The second-order valence-corrected chi connectivity index (χ2v) is 5.42. The quantitative estimate of drug-likeness (QED) is 0.724. The van der Waals surface area contributed by atoms with Crippen molar-refractivity contribution in [1.29, 1.82) is 0 Å². The molecular formula is C19H18N4O2. The summed E-state index contributed by atoms with van der Waals surface area (Å²) in [6, 6.07) is 11.4. The molecule has 0 radical (unpaired) electrons. The first-order chi connectivity index (χ1) is 12.2. The number of aromatic nitrogens is 3. The molecule has 3 rings (SSSR count). The summed E-state index contributed by atoms with van der Waals surface area (Å²) < 4.78 is 7.25. The van der Waals surface area contributed by atoms with Crippen LogP contribution >= 0.6 is 0 Å². The van der Waals surface area contributed by atoms with Gasteiger partial charge in [0.2, 0.25) is 5.91 Å². The molecule has 1 amide bonds. The molecule has 1 N–H and O–H groups in total. The summed E-state index contributed by atoms with van der Waals surface area (Å²) in [4.78, 5) is 20.4. The van der Waals surface area contributed by atoms with Gasteiger partial charge in [0.25, 0.3) is 0 Å². The smallest absolute Gasteiger partial charge is 0.240 e. The Morgan fingerprint density at radius 3 is 2.92 bits per heavy atom. The molecular weight excluding hydrogens is 316 g/mol. The lowest BCUT2D eigenvalue weighted by molar-refractivity contribution is -0.121. The van der Waals surface area contributed by atoms with E-state index < -0.39 is 0 Å². The number of ether oxygens (including phenoxy) is 1. The Morgan fingerprint density at radius 2 is 2.08 bits per heavy atom. The first kappa shape index (κ1) is 16.5. The van der Waals surface area contributed by atoms with E-state index in [1.54, 1.807) is 12.5 Å². The van der Waals surface area contributed by atoms with E-state index in [1.807, 2.05) is 47.9 Å². The largest absolute Gasteiger partial charge is 0.479 e. The van der Waals surface area contributed by atoms with Gasteiger partial charge in [0.15, 0.2) is 0 Å². The van der Waals surface area contributed by atoms with Crippen molar-refractivity contribution < 1.29 is 9.53 Å². The van der Waals surface area contributed by atoms with Crippen LogP contribution in [-0.4, -0.2) is 33.6 Å². The number of carbonyl (C=O) groups is 1. The van der Waals surface area contributed by atoms with Gasteiger partial charge in [0.05, 0.1) is 30.1 Å². The molecule has 0 aliphatic carbocycles. The molecule has 0 bridgehead atoms. The highest BCUT2D eigenvalue weighted by Crippen LogP contribution is 2.11. The normalized spacial score (nSPS) is 10.1. The minimum Gasteiger partial charge on any atom is -0.479 e. The van der Waals surface area contributed by atoms with Crippen LogP contribution in [0.15, 0.2) is 48.9 Å². The van der Waals surface area contributed by atoms with Crippen molar-refractivity contribution in [2.75, 3.05) is 13.2 Å². The van der Waals surface area contributed by atoms with Crippen molar-refractivity contribution in [1.82, 2.24) is 19.9 Å². The molecule has 126 valence electrons. The number of para-hydroxylation sites is 2. The number of nitrogens with zero attached hydrogens (tertiary/aromatic N) is 3. The second-order valence-electron chi connectivity index (χ2n) is 5.42. The van der Waals surface area contributed by atoms with Crippen molar-refractivity contribution in [3.63, 3.8) is 0 Å². The monoisotopic (exact) mass is 334 g/mol. The molecule has 2 heterocycles. The number of hydrogen-bond donors (Lipinski definition) is 1. The molecule has 25 heavy (non-hydrogen) atoms. The molecule has 0 saturated carbocycles. The van der Waals surface area contributed by atoms with Crippen LogP contribution in [0.1, 0.15) is 5.69 Å². The van der Waals surface area contributed by atoms with Gasteiger partial charge >= 0.3 is 0 Å². The third kappa shape index (κ3) is 4.58. The Labute approximate surface area is 145 Å². The standard InChI is InChI=1S/C19H18N4O2/c1-15-8-9-16(12-21-15)25-11-5-4-10-20-19(24)13-23-14-22-17-6-2-3-7-18(17)23/h2-3,6-9,12,14H,10-11,13H2,1H3,(H,20,24). The van der Waals surface area contributed by atoms with Crippen LogP contribution in [0.5, 0.6) is 5.75 Å². The summed E-state index contributed by atoms with van der Waals surface area (Å²) in [5.41, 5.74) is 2.74. The molecule has 2 aromatic heterocycles. The molecule has 0 aliphatic rings. The molecule has 6 nitrogen and oxygen atoms in total. The van der Waals surface area contributed by atoms with Crippen LogP contribution in [0.2, 0.25) is 0 Å². The SMILES string of the molecule is Cc1ccc(OCC#CCNC(=O)Cn2cnc3ccccc32)cn1. The lowest BCUT2D eigenvalue weighted by Crippen LogP contribution is -2.27. The average Bonchev–Trinajstić information content (AvgIpc) is 3.02. The van der Waals surface area contributed by atoms with Crippen molar-refractivity contribution in [3.8, 4) is 17.6 Å². The number of rotatable bonds is 5. The van der Waals surface area contributed by atoms with E-state index in [1.165, 1.54) is 0 Å². The molecule has 0 fully saturated rings. The summed E-state index contributed by atoms with van der Waals surface area (Å²) in [7, 11) is 0. The first-order valence-corrected chi connectivity index (χ1v) is 7.90. The fraction of sp³-hybridized carbons (Fsp3) is 0.211. The van der Waals surface area contributed by atoms with E-state index >= 15 is 0 Å². The Hall–Kier alpha value is -3.33. The summed E-state index contributed by atoms with van der Waals surface area (Å²) in [5.74, 6) is 6.29. The van der Waals surface area contributed by atoms with Crippen LogP contribution < -0.4 is 10.1 Å². The maximum Gasteiger partial charge on any atom is 0.240 e. The highest BCUT2D eigenvalue weighted by atomic mass is 16.5. The molecule has 6 heteroatoms. The Morgan fingerprint density at radius 1 is 1.20 bits per heavy atom. The summed E-state index contributed by atoms with van der Waals surface area (Å²) >= 11 is 0. The lowest BCUT2D eigenvalue weighted by Gasteiger charge is -2.04. The number of fused-ring (bicyclic) bond motifs is 1. The number of benzene rings is 1. The summed E-state index contributed by atoms with van der Waals surface area (Å²) in [6.07, 6.45) is 3.33. The Bertz CT molecular complexity index is 920. The van der Waals surface area contributed by atoms with Crippen LogP contribution in [0, 0.1) is 18.8 Å². The lowest BCUT2D eigenvalue weighted by atomic mass is 10.3. The molecule has 3 aromatic rings. The van der Waals surface area contributed by atoms with Crippen molar-refractivity contribution in [2.24, 2.45) is 0 Å². The maximum absolute atomic E-state index is 12.0. The third-order valence-corrected chi connectivity index (χ3v) is 3.54. The molecule has 0 spiro atoms. The Balaban J connectivity index is 1.42. The van der Waals surface area contributed by atoms with Gasteiger partial charge in [0.1, 0.15) is 18.9 Å². The zero-order chi connectivity index (χ0) is 17.5. The van der Waals surface area contributed by atoms with Crippen molar-refractivity contribution in [2.45, 2.75) is 13.5 Å². The molecule has 0 unspecified atom stereocenters. The van der Waals surface area contributed by atoms with Crippen molar-refractivity contribution in [3.05, 3.63) is 54.6 Å². The van der Waals surface area contributed by atoms with Crippen LogP contribution in [0.3, 0.4) is 0 Å². The predicted octanol–water partition coefficient (Wildman–Crippen LogP) is 1.94. The number of carbonyl (C=O) groups excluding carboxylic acids is 1. The number of nitrogens with one attached hydrogen (secondary N) is 1. The summed E-state index contributed by atoms with van der Waals surface area (Å²) in [5, 5.41) is 2.76.